The maximum absolute atomic E-state index is 13.1. The van der Waals surface area contributed by atoms with E-state index in [9.17, 15) is 4.79 Å². The van der Waals surface area contributed by atoms with Crippen molar-refractivity contribution in [3.63, 3.8) is 0 Å². The molecule has 1 aliphatic heterocycles. The van der Waals surface area contributed by atoms with Gasteiger partial charge in [0, 0.05) is 24.9 Å². The first-order valence-corrected chi connectivity index (χ1v) is 10.5. The van der Waals surface area contributed by atoms with E-state index in [-0.39, 0.29) is 18.3 Å². The molecule has 3 aromatic rings. The molecule has 0 fully saturated rings. The minimum Gasteiger partial charge on any atom is -0.493 e. The maximum atomic E-state index is 13.1. The molecular weight excluding hydrogens is 430 g/mol. The third-order valence-electron chi connectivity index (χ3n) is 5.27. The molecular formula is C24H28ClN3O4. The van der Waals surface area contributed by atoms with Gasteiger partial charge in [-0.1, -0.05) is 30.3 Å². The highest BCUT2D eigenvalue weighted by atomic mass is 35.5. The van der Waals surface area contributed by atoms with Crippen LogP contribution in [0.5, 0.6) is 11.5 Å². The number of nitrogens with zero attached hydrogens (tertiary/aromatic N) is 2. The predicted octanol–water partition coefficient (Wildman–Crippen LogP) is 3.62. The van der Waals surface area contributed by atoms with E-state index < -0.39 is 0 Å². The summed E-state index contributed by atoms with van der Waals surface area (Å²) in [6.45, 7) is 2.03. The van der Waals surface area contributed by atoms with Gasteiger partial charge >= 0.3 is 0 Å². The summed E-state index contributed by atoms with van der Waals surface area (Å²) in [6, 6.07) is 15.3. The molecule has 8 heteroatoms. The van der Waals surface area contributed by atoms with Crippen LogP contribution in [0, 0.1) is 0 Å². The van der Waals surface area contributed by atoms with E-state index in [0.717, 1.165) is 23.4 Å². The quantitative estimate of drug-likeness (QED) is 0.519. The standard InChI is InChI=1S/C24H27N3O4.ClH/c1-29-21-9-8-18(15-22(21)30-13-5-11-25)24(28)27-12-10-20-19(16-27)26-23(31-20)14-17-6-3-2-4-7-17;/h2-4,6-9,15H,5,10-14,16,25H2,1H3;1H. The van der Waals surface area contributed by atoms with Crippen molar-refractivity contribution in [3.05, 3.63) is 77.0 Å². The number of benzene rings is 2. The summed E-state index contributed by atoms with van der Waals surface area (Å²) in [5.74, 6) is 2.63. The fourth-order valence-corrected chi connectivity index (χ4v) is 3.64. The van der Waals surface area contributed by atoms with Gasteiger partial charge in [0.2, 0.25) is 0 Å². The normalized spacial score (nSPS) is 12.6. The number of oxazole rings is 1. The molecule has 170 valence electrons. The largest absolute Gasteiger partial charge is 0.493 e. The molecule has 0 atom stereocenters. The average molecular weight is 458 g/mol. The van der Waals surface area contributed by atoms with E-state index in [1.165, 1.54) is 0 Å². The average Bonchev–Trinajstić information content (AvgIpc) is 3.20. The summed E-state index contributed by atoms with van der Waals surface area (Å²) in [6.07, 6.45) is 2.02. The van der Waals surface area contributed by atoms with E-state index >= 15 is 0 Å². The van der Waals surface area contributed by atoms with Gasteiger partial charge in [0.15, 0.2) is 17.4 Å². The number of nitrogens with two attached hydrogens (primary N) is 1. The van der Waals surface area contributed by atoms with E-state index in [0.29, 0.717) is 62.0 Å². The third-order valence-corrected chi connectivity index (χ3v) is 5.27. The van der Waals surface area contributed by atoms with Crippen molar-refractivity contribution in [2.75, 3.05) is 26.8 Å². The Balaban J connectivity index is 0.00000289. The van der Waals surface area contributed by atoms with Gasteiger partial charge in [-0.25, -0.2) is 4.98 Å². The lowest BCUT2D eigenvalue weighted by atomic mass is 10.1. The van der Waals surface area contributed by atoms with Crippen molar-refractivity contribution in [1.29, 1.82) is 0 Å². The summed E-state index contributed by atoms with van der Waals surface area (Å²) >= 11 is 0. The molecule has 0 saturated heterocycles. The molecule has 0 saturated carbocycles. The molecule has 4 rings (SSSR count). The SMILES string of the molecule is COc1ccc(C(=O)N2CCc3oc(Cc4ccccc4)nc3C2)cc1OCCCN.Cl. The number of fused-ring (bicyclic) bond motifs is 1. The fraction of sp³-hybridized carbons (Fsp3) is 0.333. The molecule has 1 aromatic heterocycles. The molecule has 2 aromatic carbocycles. The monoisotopic (exact) mass is 457 g/mol. The van der Waals surface area contributed by atoms with Gasteiger partial charge in [0.1, 0.15) is 11.5 Å². The Labute approximate surface area is 193 Å². The van der Waals surface area contributed by atoms with Gasteiger partial charge in [0.05, 0.1) is 20.3 Å². The Morgan fingerprint density at radius 2 is 2.00 bits per heavy atom. The van der Waals surface area contributed by atoms with Gasteiger partial charge in [-0.2, -0.15) is 0 Å². The second kappa shape index (κ2) is 11.0. The highest BCUT2D eigenvalue weighted by molar-refractivity contribution is 5.95. The number of ether oxygens (including phenoxy) is 2. The summed E-state index contributed by atoms with van der Waals surface area (Å²) in [4.78, 5) is 19.6. The summed E-state index contributed by atoms with van der Waals surface area (Å²) in [7, 11) is 1.58. The first kappa shape index (κ1) is 23.6. The number of methoxy groups -OCH3 is 1. The lowest BCUT2D eigenvalue weighted by molar-refractivity contribution is 0.0727. The van der Waals surface area contributed by atoms with Crippen LogP contribution in [0.15, 0.2) is 52.9 Å². The van der Waals surface area contributed by atoms with Crippen LogP contribution in [-0.4, -0.2) is 42.6 Å². The van der Waals surface area contributed by atoms with Crippen LogP contribution in [-0.2, 0) is 19.4 Å². The fourth-order valence-electron chi connectivity index (χ4n) is 3.64. The van der Waals surface area contributed by atoms with E-state index in [1.807, 2.05) is 18.2 Å². The van der Waals surface area contributed by atoms with Gasteiger partial charge in [-0.05, 0) is 36.7 Å². The number of amides is 1. The molecule has 2 N–H and O–H groups in total. The zero-order valence-corrected chi connectivity index (χ0v) is 18.9. The second-order valence-corrected chi connectivity index (χ2v) is 7.47. The predicted molar refractivity (Wildman–Crippen MR) is 124 cm³/mol. The number of rotatable bonds is 8. The zero-order chi connectivity index (χ0) is 21.6. The highest BCUT2D eigenvalue weighted by Crippen LogP contribution is 2.30. The molecule has 0 aliphatic carbocycles. The number of hydrogen-bond acceptors (Lipinski definition) is 6. The van der Waals surface area contributed by atoms with Gasteiger partial charge in [0.25, 0.3) is 5.91 Å². The van der Waals surface area contributed by atoms with Crippen molar-refractivity contribution >= 4 is 18.3 Å². The summed E-state index contributed by atoms with van der Waals surface area (Å²) in [5.41, 5.74) is 8.07. The van der Waals surface area contributed by atoms with E-state index in [1.54, 1.807) is 30.2 Å². The van der Waals surface area contributed by atoms with Crippen LogP contribution < -0.4 is 15.2 Å². The second-order valence-electron chi connectivity index (χ2n) is 7.47. The third kappa shape index (κ3) is 5.41. The molecule has 7 nitrogen and oxygen atoms in total. The van der Waals surface area contributed by atoms with Gasteiger partial charge in [-0.3, -0.25) is 4.79 Å². The van der Waals surface area contributed by atoms with Crippen LogP contribution in [0.25, 0.3) is 0 Å². The van der Waals surface area contributed by atoms with E-state index in [4.69, 9.17) is 19.6 Å². The van der Waals surface area contributed by atoms with Crippen molar-refractivity contribution in [1.82, 2.24) is 9.88 Å². The summed E-state index contributed by atoms with van der Waals surface area (Å²) < 4.78 is 17.1. The van der Waals surface area contributed by atoms with Crippen LogP contribution in [0.2, 0.25) is 0 Å². The minimum absolute atomic E-state index is 0. The Bertz CT molecular complexity index is 1040. The molecule has 1 aliphatic rings. The molecule has 0 spiro atoms. The van der Waals surface area contributed by atoms with Crippen LogP contribution in [0.1, 0.15) is 39.7 Å². The molecule has 2 heterocycles. The first-order valence-electron chi connectivity index (χ1n) is 10.5. The van der Waals surface area contributed by atoms with Gasteiger partial charge < -0.3 is 24.5 Å². The number of carbonyl (C=O) groups is 1. The first-order chi connectivity index (χ1) is 15.2. The Hall–Kier alpha value is -3.03. The number of halogens is 1. The summed E-state index contributed by atoms with van der Waals surface area (Å²) in [5, 5.41) is 0. The van der Waals surface area contributed by atoms with Crippen LogP contribution >= 0.6 is 12.4 Å². The molecule has 0 radical (unpaired) electrons. The topological polar surface area (TPSA) is 90.8 Å². The minimum atomic E-state index is -0.0652. The number of aromatic nitrogens is 1. The Kier molecular flexibility index (Phi) is 8.14. The Morgan fingerprint density at radius 3 is 2.75 bits per heavy atom. The van der Waals surface area contributed by atoms with Crippen molar-refractivity contribution < 1.29 is 18.7 Å². The molecule has 0 unspecified atom stereocenters. The van der Waals surface area contributed by atoms with E-state index in [2.05, 4.69) is 17.1 Å². The van der Waals surface area contributed by atoms with Crippen molar-refractivity contribution in [3.8, 4) is 11.5 Å². The smallest absolute Gasteiger partial charge is 0.254 e. The van der Waals surface area contributed by atoms with Crippen LogP contribution in [0.3, 0.4) is 0 Å². The van der Waals surface area contributed by atoms with Crippen molar-refractivity contribution in [2.24, 2.45) is 5.73 Å². The number of hydrogen-bond donors (Lipinski definition) is 1. The van der Waals surface area contributed by atoms with Crippen LogP contribution in [0.4, 0.5) is 0 Å². The lowest BCUT2D eigenvalue weighted by Crippen LogP contribution is -2.35. The zero-order valence-electron chi connectivity index (χ0n) is 18.1. The Morgan fingerprint density at radius 1 is 1.19 bits per heavy atom. The molecule has 32 heavy (non-hydrogen) atoms. The molecule has 1 amide bonds. The highest BCUT2D eigenvalue weighted by Gasteiger charge is 2.26. The number of carbonyl (C=O) groups excluding carboxylic acids is 1. The molecule has 0 bridgehead atoms. The van der Waals surface area contributed by atoms with Crippen molar-refractivity contribution in [2.45, 2.75) is 25.8 Å². The maximum Gasteiger partial charge on any atom is 0.254 e. The van der Waals surface area contributed by atoms with Gasteiger partial charge in [-0.15, -0.1) is 12.4 Å². The lowest BCUT2D eigenvalue weighted by Gasteiger charge is -2.25.